The van der Waals surface area contributed by atoms with Gasteiger partial charge in [-0.3, -0.25) is 9.97 Å². The summed E-state index contributed by atoms with van der Waals surface area (Å²) in [6.45, 7) is 0. The lowest BCUT2D eigenvalue weighted by atomic mass is 9.80. The molecule has 37 heavy (non-hydrogen) atoms. The molecule has 0 radical (unpaired) electrons. The summed E-state index contributed by atoms with van der Waals surface area (Å²) < 4.78 is 69.3. The van der Waals surface area contributed by atoms with Crippen LogP contribution >= 0.6 is 11.6 Å². The van der Waals surface area contributed by atoms with Crippen LogP contribution in [0.2, 0.25) is 5.02 Å². The number of alkyl halides is 3. The van der Waals surface area contributed by atoms with E-state index in [9.17, 15) is 26.7 Å². The predicted molar refractivity (Wildman–Crippen MR) is 128 cm³/mol. The van der Waals surface area contributed by atoms with E-state index in [1.54, 1.807) is 12.1 Å². The van der Waals surface area contributed by atoms with Crippen LogP contribution in [0.3, 0.4) is 0 Å². The summed E-state index contributed by atoms with van der Waals surface area (Å²) in [5, 5.41) is 5.37. The van der Waals surface area contributed by atoms with Gasteiger partial charge in [0.25, 0.3) is 0 Å². The first-order valence-corrected chi connectivity index (χ1v) is 11.2. The van der Waals surface area contributed by atoms with E-state index in [4.69, 9.17) is 11.6 Å². The number of urea groups is 1. The summed E-state index contributed by atoms with van der Waals surface area (Å²) in [6, 6.07) is 12.2. The molecule has 2 aromatic carbocycles. The van der Waals surface area contributed by atoms with Crippen molar-refractivity contribution in [1.82, 2.24) is 15.3 Å². The van der Waals surface area contributed by atoms with Gasteiger partial charge in [0.05, 0.1) is 16.3 Å². The minimum Gasteiger partial charge on any atom is -0.322 e. The minimum atomic E-state index is -4.86. The van der Waals surface area contributed by atoms with E-state index in [0.29, 0.717) is 11.6 Å². The van der Waals surface area contributed by atoms with Gasteiger partial charge in [0, 0.05) is 30.7 Å². The monoisotopic (exact) mass is 532 g/mol. The Morgan fingerprint density at radius 1 is 0.892 bits per heavy atom. The van der Waals surface area contributed by atoms with Gasteiger partial charge in [-0.1, -0.05) is 17.7 Å². The number of amides is 2. The smallest absolute Gasteiger partial charge is 0.322 e. The molecule has 0 aliphatic heterocycles. The number of nitrogens with one attached hydrogen (secondary N) is 2. The molecular weight excluding hydrogens is 515 g/mol. The van der Waals surface area contributed by atoms with Crippen molar-refractivity contribution in [2.45, 2.75) is 18.1 Å². The third kappa shape index (κ3) is 6.21. The van der Waals surface area contributed by atoms with E-state index in [2.05, 4.69) is 20.6 Å². The van der Waals surface area contributed by atoms with E-state index >= 15 is 0 Å². The molecular formula is C26H18ClF5N4O. The number of nitrogens with zero attached hydrogens (tertiary/aromatic N) is 2. The lowest BCUT2D eigenvalue weighted by Crippen LogP contribution is -2.50. The first kappa shape index (κ1) is 26.0. The first-order chi connectivity index (χ1) is 17.5. The number of rotatable bonds is 6. The zero-order valence-electron chi connectivity index (χ0n) is 18.9. The lowest BCUT2D eigenvalue weighted by Gasteiger charge is -2.36. The maximum atomic E-state index is 14.6. The number of aromatic nitrogens is 2. The zero-order chi connectivity index (χ0) is 26.6. The molecule has 0 spiro atoms. The van der Waals surface area contributed by atoms with Crippen molar-refractivity contribution in [2.75, 3.05) is 5.32 Å². The van der Waals surface area contributed by atoms with Gasteiger partial charge in [-0.25, -0.2) is 13.6 Å². The van der Waals surface area contributed by atoms with Gasteiger partial charge in [-0.05, 0) is 71.8 Å². The SMILES string of the molecule is O=C(Nc1cccc(F)c1)NC(Cc1ccncc1)(c1cc(F)cc(C(F)(F)F)c1)c1ccc(Cl)cn1. The highest BCUT2D eigenvalue weighted by molar-refractivity contribution is 6.30. The van der Waals surface area contributed by atoms with E-state index < -0.39 is 34.9 Å². The second-order valence-electron chi connectivity index (χ2n) is 8.12. The van der Waals surface area contributed by atoms with Gasteiger partial charge in [-0.15, -0.1) is 0 Å². The summed E-state index contributed by atoms with van der Waals surface area (Å²) in [6.07, 6.45) is -0.809. The Hall–Kier alpha value is -4.05. The Labute approximate surface area is 213 Å². The number of hydrogen-bond acceptors (Lipinski definition) is 3. The Bertz CT molecular complexity index is 1400. The standard InChI is InChI=1S/C26H18ClF5N4O/c27-19-4-5-23(34-15-19)25(14-16-6-8-33-9-7-16,17-10-18(26(30,31)32)12-21(29)11-17)36-24(37)35-22-3-1-2-20(28)13-22/h1-13,15H,14H2,(H2,35,36,37). The van der Waals surface area contributed by atoms with Gasteiger partial charge in [-0.2, -0.15) is 13.2 Å². The molecule has 4 rings (SSSR count). The van der Waals surface area contributed by atoms with E-state index in [1.807, 2.05) is 0 Å². The van der Waals surface area contributed by atoms with Crippen LogP contribution in [-0.4, -0.2) is 16.0 Å². The molecule has 2 aromatic heterocycles. The summed E-state index contributed by atoms with van der Waals surface area (Å²) in [4.78, 5) is 21.4. The number of pyridine rings is 2. The molecule has 0 aliphatic carbocycles. The third-order valence-electron chi connectivity index (χ3n) is 5.51. The lowest BCUT2D eigenvalue weighted by molar-refractivity contribution is -0.137. The summed E-state index contributed by atoms with van der Waals surface area (Å²) in [5.74, 6) is -1.77. The van der Waals surface area contributed by atoms with Crippen LogP contribution in [-0.2, 0) is 18.1 Å². The minimum absolute atomic E-state index is 0.0850. The molecule has 2 amide bonds. The molecule has 2 N–H and O–H groups in total. The van der Waals surface area contributed by atoms with Crippen molar-refractivity contribution in [1.29, 1.82) is 0 Å². The van der Waals surface area contributed by atoms with E-state index in [-0.39, 0.29) is 28.4 Å². The number of carbonyl (C=O) groups is 1. The van der Waals surface area contributed by atoms with Crippen LogP contribution in [0.1, 0.15) is 22.4 Å². The largest absolute Gasteiger partial charge is 0.416 e. The van der Waals surface area contributed by atoms with E-state index in [0.717, 1.165) is 18.2 Å². The molecule has 0 saturated carbocycles. The van der Waals surface area contributed by atoms with Crippen LogP contribution in [0.15, 0.2) is 85.3 Å². The molecule has 5 nitrogen and oxygen atoms in total. The second kappa shape index (κ2) is 10.5. The molecule has 0 saturated heterocycles. The Morgan fingerprint density at radius 2 is 1.62 bits per heavy atom. The highest BCUT2D eigenvalue weighted by atomic mass is 35.5. The predicted octanol–water partition coefficient (Wildman–Crippen LogP) is 6.74. The number of halogens is 6. The average molecular weight is 533 g/mol. The maximum Gasteiger partial charge on any atom is 0.416 e. The van der Waals surface area contributed by atoms with Crippen LogP contribution < -0.4 is 10.6 Å². The van der Waals surface area contributed by atoms with Gasteiger partial charge in [0.15, 0.2) is 0 Å². The molecule has 0 aliphatic rings. The highest BCUT2D eigenvalue weighted by Crippen LogP contribution is 2.38. The Kier molecular flexibility index (Phi) is 7.40. The van der Waals surface area contributed by atoms with Crippen LogP contribution in [0.4, 0.5) is 32.4 Å². The van der Waals surface area contributed by atoms with Crippen molar-refractivity contribution in [3.05, 3.63) is 124 Å². The fourth-order valence-corrected chi connectivity index (χ4v) is 3.99. The quantitative estimate of drug-likeness (QED) is 0.270. The molecule has 2 heterocycles. The van der Waals surface area contributed by atoms with E-state index in [1.165, 1.54) is 48.9 Å². The van der Waals surface area contributed by atoms with Gasteiger partial charge >= 0.3 is 12.2 Å². The number of carbonyl (C=O) groups excluding carboxylic acids is 1. The van der Waals surface area contributed by atoms with Crippen LogP contribution in [0, 0.1) is 11.6 Å². The molecule has 1 atom stereocenters. The normalized spacial score (nSPS) is 13.0. The maximum absolute atomic E-state index is 14.6. The second-order valence-corrected chi connectivity index (χ2v) is 8.55. The summed E-state index contributed by atoms with van der Waals surface area (Å²) in [5.41, 5.74) is -2.55. The molecule has 4 aromatic rings. The van der Waals surface area contributed by atoms with Crippen molar-refractivity contribution in [3.8, 4) is 0 Å². The summed E-state index contributed by atoms with van der Waals surface area (Å²) >= 11 is 5.99. The number of anilines is 1. The fourth-order valence-electron chi connectivity index (χ4n) is 3.88. The first-order valence-electron chi connectivity index (χ1n) is 10.8. The van der Waals surface area contributed by atoms with Gasteiger partial charge < -0.3 is 10.6 Å². The molecule has 0 bridgehead atoms. The molecule has 11 heteroatoms. The van der Waals surface area contributed by atoms with Crippen molar-refractivity contribution in [3.63, 3.8) is 0 Å². The van der Waals surface area contributed by atoms with Crippen molar-refractivity contribution < 1.29 is 26.7 Å². The molecule has 1 unspecified atom stereocenters. The number of hydrogen-bond donors (Lipinski definition) is 2. The van der Waals surface area contributed by atoms with Crippen molar-refractivity contribution in [2.24, 2.45) is 0 Å². The van der Waals surface area contributed by atoms with Crippen LogP contribution in [0.25, 0.3) is 0 Å². The fraction of sp³-hybridized carbons (Fsp3) is 0.115. The van der Waals surface area contributed by atoms with Gasteiger partial charge in [0.1, 0.15) is 17.2 Å². The Morgan fingerprint density at radius 3 is 2.27 bits per heavy atom. The molecule has 0 fully saturated rings. The highest BCUT2D eigenvalue weighted by Gasteiger charge is 2.41. The van der Waals surface area contributed by atoms with Crippen molar-refractivity contribution >= 4 is 23.3 Å². The van der Waals surface area contributed by atoms with Gasteiger partial charge in [0.2, 0.25) is 0 Å². The zero-order valence-corrected chi connectivity index (χ0v) is 19.6. The third-order valence-corrected chi connectivity index (χ3v) is 5.73. The molecule has 190 valence electrons. The topological polar surface area (TPSA) is 66.9 Å². The van der Waals surface area contributed by atoms with Crippen LogP contribution in [0.5, 0.6) is 0 Å². The number of benzene rings is 2. The summed E-state index contributed by atoms with van der Waals surface area (Å²) in [7, 11) is 0. The Balaban J connectivity index is 1.91. The average Bonchev–Trinajstić information content (AvgIpc) is 2.84.